The van der Waals surface area contributed by atoms with E-state index in [0.717, 1.165) is 19.4 Å². The highest BCUT2D eigenvalue weighted by Crippen LogP contribution is 2.22. The number of halogens is 1. The molecule has 0 radical (unpaired) electrons. The van der Waals surface area contributed by atoms with Gasteiger partial charge < -0.3 is 14.6 Å². The number of ether oxygens (including phenoxy) is 2. The molecule has 1 fully saturated rings. The third kappa shape index (κ3) is 3.44. The molecule has 5 heteroatoms. The van der Waals surface area contributed by atoms with Crippen molar-refractivity contribution in [3.05, 3.63) is 28.2 Å². The lowest BCUT2D eigenvalue weighted by Gasteiger charge is -2.12. The molecule has 4 nitrogen and oxygen atoms in total. The lowest BCUT2D eigenvalue weighted by molar-refractivity contribution is 0.0671. The molecule has 1 N–H and O–H groups in total. The summed E-state index contributed by atoms with van der Waals surface area (Å²) in [6.07, 6.45) is 2.19. The van der Waals surface area contributed by atoms with Crippen LogP contribution in [0.4, 0.5) is 0 Å². The molecule has 0 spiro atoms. The molecule has 0 saturated carbocycles. The minimum atomic E-state index is -0.965. The Kier molecular flexibility index (Phi) is 4.02. The van der Waals surface area contributed by atoms with Crippen molar-refractivity contribution >= 4 is 21.9 Å². The highest BCUT2D eigenvalue weighted by atomic mass is 79.9. The molecule has 0 amide bonds. The number of carboxylic acid groups (broad SMARTS) is 1. The summed E-state index contributed by atoms with van der Waals surface area (Å²) in [7, 11) is 0. The lowest BCUT2D eigenvalue weighted by Crippen LogP contribution is -2.16. The molecule has 1 aliphatic heterocycles. The summed E-state index contributed by atoms with van der Waals surface area (Å²) in [5.74, 6) is -0.416. The second-order valence-electron chi connectivity index (χ2n) is 3.93. The van der Waals surface area contributed by atoms with E-state index in [0.29, 0.717) is 16.8 Å². The lowest BCUT2D eigenvalue weighted by atomic mass is 10.2. The van der Waals surface area contributed by atoms with Gasteiger partial charge in [-0.15, -0.1) is 0 Å². The fourth-order valence-corrected chi connectivity index (χ4v) is 2.21. The van der Waals surface area contributed by atoms with Gasteiger partial charge in [-0.3, -0.25) is 0 Å². The third-order valence-corrected chi connectivity index (χ3v) is 3.04. The quantitative estimate of drug-likeness (QED) is 0.929. The van der Waals surface area contributed by atoms with E-state index in [2.05, 4.69) is 15.9 Å². The van der Waals surface area contributed by atoms with Gasteiger partial charge in [0.2, 0.25) is 0 Å². The van der Waals surface area contributed by atoms with E-state index in [1.807, 2.05) is 0 Å². The van der Waals surface area contributed by atoms with Crippen molar-refractivity contribution in [3.8, 4) is 5.75 Å². The van der Waals surface area contributed by atoms with E-state index >= 15 is 0 Å². The van der Waals surface area contributed by atoms with Crippen molar-refractivity contribution < 1.29 is 19.4 Å². The second kappa shape index (κ2) is 5.51. The van der Waals surface area contributed by atoms with Crippen molar-refractivity contribution in [2.45, 2.75) is 18.9 Å². The molecule has 0 aliphatic carbocycles. The van der Waals surface area contributed by atoms with Crippen LogP contribution in [0, 0.1) is 0 Å². The van der Waals surface area contributed by atoms with E-state index < -0.39 is 5.97 Å². The number of rotatable bonds is 4. The fourth-order valence-electron chi connectivity index (χ4n) is 1.73. The van der Waals surface area contributed by atoms with Gasteiger partial charge in [0.1, 0.15) is 12.4 Å². The second-order valence-corrected chi connectivity index (χ2v) is 4.84. The van der Waals surface area contributed by atoms with E-state index in [-0.39, 0.29) is 11.7 Å². The van der Waals surface area contributed by atoms with E-state index in [4.69, 9.17) is 14.6 Å². The predicted octanol–water partition coefficient (Wildman–Crippen LogP) is 2.71. The average Bonchev–Trinajstić information content (AvgIpc) is 2.78. The standard InChI is InChI=1S/C12H13BrO4/c13-9-4-8(12(14)15)5-11(6-9)17-7-10-2-1-3-16-10/h4-6,10H,1-3,7H2,(H,14,15)/t10-/m1/s1. The molecule has 0 aromatic heterocycles. The third-order valence-electron chi connectivity index (χ3n) is 2.58. The van der Waals surface area contributed by atoms with Gasteiger partial charge in [0.25, 0.3) is 0 Å². The minimum Gasteiger partial charge on any atom is -0.491 e. The summed E-state index contributed by atoms with van der Waals surface area (Å²) in [5, 5.41) is 8.91. The van der Waals surface area contributed by atoms with Crippen LogP contribution in [0.15, 0.2) is 22.7 Å². The van der Waals surface area contributed by atoms with Gasteiger partial charge in [-0.1, -0.05) is 15.9 Å². The first-order chi connectivity index (χ1) is 8.15. The highest BCUT2D eigenvalue weighted by Gasteiger charge is 2.16. The fraction of sp³-hybridized carbons (Fsp3) is 0.417. The Morgan fingerprint density at radius 2 is 2.35 bits per heavy atom. The van der Waals surface area contributed by atoms with Crippen molar-refractivity contribution in [2.24, 2.45) is 0 Å². The Bertz CT molecular complexity index is 413. The van der Waals surface area contributed by atoms with Crippen LogP contribution in [0.25, 0.3) is 0 Å². The van der Waals surface area contributed by atoms with Gasteiger partial charge in [0.05, 0.1) is 11.7 Å². The van der Waals surface area contributed by atoms with Crippen molar-refractivity contribution in [1.82, 2.24) is 0 Å². The average molecular weight is 301 g/mol. The molecule has 1 aromatic carbocycles. The molecular weight excluding hydrogens is 288 g/mol. The van der Waals surface area contributed by atoms with Gasteiger partial charge in [-0.25, -0.2) is 4.79 Å². The largest absolute Gasteiger partial charge is 0.491 e. The number of carboxylic acids is 1. The topological polar surface area (TPSA) is 55.8 Å². The first kappa shape index (κ1) is 12.4. The predicted molar refractivity (Wildman–Crippen MR) is 65.6 cm³/mol. The normalized spacial score (nSPS) is 19.2. The van der Waals surface area contributed by atoms with Crippen molar-refractivity contribution in [3.63, 3.8) is 0 Å². The van der Waals surface area contributed by atoms with E-state index in [9.17, 15) is 4.79 Å². The maximum Gasteiger partial charge on any atom is 0.335 e. The maximum atomic E-state index is 10.9. The van der Waals surface area contributed by atoms with Crippen LogP contribution in [0.3, 0.4) is 0 Å². The van der Waals surface area contributed by atoms with Gasteiger partial charge in [0, 0.05) is 11.1 Å². The number of carbonyl (C=O) groups is 1. The van der Waals surface area contributed by atoms with E-state index in [1.165, 1.54) is 6.07 Å². The van der Waals surface area contributed by atoms with Crippen molar-refractivity contribution in [2.75, 3.05) is 13.2 Å². The molecule has 1 saturated heterocycles. The summed E-state index contributed by atoms with van der Waals surface area (Å²) >= 11 is 3.26. The number of benzene rings is 1. The molecule has 1 atom stereocenters. The SMILES string of the molecule is O=C(O)c1cc(Br)cc(OC[C@H]2CCCO2)c1. The highest BCUT2D eigenvalue weighted by molar-refractivity contribution is 9.10. The van der Waals surface area contributed by atoms with Gasteiger partial charge >= 0.3 is 5.97 Å². The smallest absolute Gasteiger partial charge is 0.335 e. The summed E-state index contributed by atoms with van der Waals surface area (Å²) in [6.45, 7) is 1.25. The zero-order chi connectivity index (χ0) is 12.3. The summed E-state index contributed by atoms with van der Waals surface area (Å²) < 4.78 is 11.7. The molecule has 0 bridgehead atoms. The molecule has 17 heavy (non-hydrogen) atoms. The minimum absolute atomic E-state index is 0.127. The van der Waals surface area contributed by atoms with Crippen LogP contribution in [-0.2, 0) is 4.74 Å². The number of hydrogen-bond donors (Lipinski definition) is 1. The van der Waals surface area contributed by atoms with Crippen LogP contribution in [-0.4, -0.2) is 30.4 Å². The Morgan fingerprint density at radius 3 is 3.00 bits per heavy atom. The summed E-state index contributed by atoms with van der Waals surface area (Å²) in [5.41, 5.74) is 0.210. The Labute approximate surface area is 108 Å². The van der Waals surface area contributed by atoms with Gasteiger partial charge in [0.15, 0.2) is 0 Å². The van der Waals surface area contributed by atoms with Crippen molar-refractivity contribution in [1.29, 1.82) is 0 Å². The van der Waals surface area contributed by atoms with E-state index in [1.54, 1.807) is 12.1 Å². The number of hydrogen-bond acceptors (Lipinski definition) is 3. The Morgan fingerprint density at radius 1 is 1.53 bits per heavy atom. The molecule has 2 rings (SSSR count). The molecular formula is C12H13BrO4. The Hall–Kier alpha value is -1.07. The van der Waals surface area contributed by atoms with Crippen LogP contribution >= 0.6 is 15.9 Å². The van der Waals surface area contributed by atoms with Crippen LogP contribution in [0.5, 0.6) is 5.75 Å². The maximum absolute atomic E-state index is 10.9. The van der Waals surface area contributed by atoms with Gasteiger partial charge in [-0.2, -0.15) is 0 Å². The van der Waals surface area contributed by atoms with Crippen LogP contribution in [0.2, 0.25) is 0 Å². The summed E-state index contributed by atoms with van der Waals surface area (Å²) in [6, 6.07) is 4.81. The molecule has 0 unspecified atom stereocenters. The number of aromatic carboxylic acids is 1. The molecule has 1 aliphatic rings. The first-order valence-corrected chi connectivity index (χ1v) is 6.23. The molecule has 1 heterocycles. The zero-order valence-corrected chi connectivity index (χ0v) is 10.8. The first-order valence-electron chi connectivity index (χ1n) is 5.43. The monoisotopic (exact) mass is 300 g/mol. The van der Waals surface area contributed by atoms with Gasteiger partial charge in [-0.05, 0) is 31.0 Å². The molecule has 1 aromatic rings. The zero-order valence-electron chi connectivity index (χ0n) is 9.19. The Balaban J connectivity index is 2.01. The van der Waals surface area contributed by atoms with Crippen LogP contribution < -0.4 is 4.74 Å². The van der Waals surface area contributed by atoms with Crippen LogP contribution in [0.1, 0.15) is 23.2 Å². The molecule has 92 valence electrons. The summed E-state index contributed by atoms with van der Waals surface area (Å²) in [4.78, 5) is 10.9.